The quantitative estimate of drug-likeness (QED) is 0.294. The molecule has 2 amide bonds. The molecule has 3 aromatic carbocycles. The highest BCUT2D eigenvalue weighted by molar-refractivity contribution is 7.92. The molecule has 0 unspecified atom stereocenters. The SMILES string of the molecule is CC[C@H](C(=O)NC)N(Cc1ccc(Cl)c(Cl)c1)C(=O)CN(c1ccc(OC)c(Cl)c1)S(=O)(=O)c1ccc(C)cc1. The molecule has 0 fully saturated rings. The smallest absolute Gasteiger partial charge is 0.264 e. The first kappa shape index (κ1) is 31.5. The van der Waals surface area contributed by atoms with Crippen molar-refractivity contribution in [2.75, 3.05) is 25.0 Å². The number of anilines is 1. The lowest BCUT2D eigenvalue weighted by molar-refractivity contribution is -0.140. The van der Waals surface area contributed by atoms with E-state index < -0.39 is 34.4 Å². The molecule has 40 heavy (non-hydrogen) atoms. The van der Waals surface area contributed by atoms with Gasteiger partial charge in [0.25, 0.3) is 10.0 Å². The van der Waals surface area contributed by atoms with Crippen molar-refractivity contribution in [3.63, 3.8) is 0 Å². The van der Waals surface area contributed by atoms with Gasteiger partial charge in [-0.1, -0.05) is 65.5 Å². The molecule has 214 valence electrons. The Hall–Kier alpha value is -2.98. The lowest BCUT2D eigenvalue weighted by Crippen LogP contribution is -2.51. The van der Waals surface area contributed by atoms with Crippen LogP contribution in [-0.4, -0.2) is 51.9 Å². The predicted molar refractivity (Wildman–Crippen MR) is 159 cm³/mol. The van der Waals surface area contributed by atoms with E-state index in [9.17, 15) is 18.0 Å². The number of sulfonamides is 1. The van der Waals surface area contributed by atoms with Gasteiger partial charge in [-0.05, 0) is 61.4 Å². The van der Waals surface area contributed by atoms with Crippen molar-refractivity contribution in [3.05, 3.63) is 86.9 Å². The Morgan fingerprint density at radius 2 is 1.62 bits per heavy atom. The number of carbonyl (C=O) groups is 2. The van der Waals surface area contributed by atoms with Gasteiger partial charge in [-0.25, -0.2) is 8.42 Å². The maximum absolute atomic E-state index is 14.0. The van der Waals surface area contributed by atoms with Gasteiger partial charge in [-0.15, -0.1) is 0 Å². The normalized spacial score (nSPS) is 12.0. The molecule has 0 aliphatic rings. The molecule has 0 aliphatic carbocycles. The van der Waals surface area contributed by atoms with Crippen molar-refractivity contribution >= 4 is 62.3 Å². The standard InChI is InChI=1S/C28H30Cl3N3O5S/c1-5-25(28(36)32-3)33(16-19-8-12-22(29)23(30)14-19)27(35)17-34(20-9-13-26(39-4)24(31)15-20)40(37,38)21-10-6-18(2)7-11-21/h6-15,25H,5,16-17H2,1-4H3,(H,32,36)/t25-/m1/s1. The molecule has 0 bridgehead atoms. The Balaban J connectivity index is 2.10. The van der Waals surface area contributed by atoms with Crippen LogP contribution < -0.4 is 14.4 Å². The molecule has 12 heteroatoms. The Bertz CT molecular complexity index is 1480. The van der Waals surface area contributed by atoms with Crippen molar-refractivity contribution in [1.82, 2.24) is 10.2 Å². The van der Waals surface area contributed by atoms with E-state index in [0.717, 1.165) is 9.87 Å². The van der Waals surface area contributed by atoms with Gasteiger partial charge in [0.2, 0.25) is 11.8 Å². The Morgan fingerprint density at radius 1 is 0.950 bits per heavy atom. The molecule has 0 saturated heterocycles. The van der Waals surface area contributed by atoms with Crippen molar-refractivity contribution in [1.29, 1.82) is 0 Å². The lowest BCUT2D eigenvalue weighted by atomic mass is 10.1. The lowest BCUT2D eigenvalue weighted by Gasteiger charge is -2.33. The molecule has 8 nitrogen and oxygen atoms in total. The molecular weight excluding hydrogens is 597 g/mol. The number of carbonyl (C=O) groups excluding carboxylic acids is 2. The molecule has 0 spiro atoms. The van der Waals surface area contributed by atoms with E-state index in [1.807, 2.05) is 6.92 Å². The predicted octanol–water partition coefficient (Wildman–Crippen LogP) is 5.71. The third kappa shape index (κ3) is 7.20. The van der Waals surface area contributed by atoms with Gasteiger partial charge in [-0.3, -0.25) is 13.9 Å². The fourth-order valence-corrected chi connectivity index (χ4v) is 6.08. The minimum Gasteiger partial charge on any atom is -0.495 e. The topological polar surface area (TPSA) is 96.0 Å². The number of aryl methyl sites for hydroxylation is 1. The number of nitrogens with zero attached hydrogens (tertiary/aromatic N) is 2. The molecule has 0 aromatic heterocycles. The average Bonchev–Trinajstić information content (AvgIpc) is 2.93. The van der Waals surface area contributed by atoms with Crippen LogP contribution in [0.3, 0.4) is 0 Å². The number of hydrogen-bond acceptors (Lipinski definition) is 5. The number of benzene rings is 3. The maximum Gasteiger partial charge on any atom is 0.264 e. The Labute approximate surface area is 249 Å². The van der Waals surface area contributed by atoms with Crippen LogP contribution in [0.25, 0.3) is 0 Å². The molecule has 3 rings (SSSR count). The average molecular weight is 627 g/mol. The zero-order chi connectivity index (χ0) is 29.6. The molecule has 1 N–H and O–H groups in total. The molecule has 0 aliphatic heterocycles. The van der Waals surface area contributed by atoms with E-state index >= 15 is 0 Å². The van der Waals surface area contributed by atoms with Crippen LogP contribution in [0.2, 0.25) is 15.1 Å². The van der Waals surface area contributed by atoms with Gasteiger partial charge in [0.1, 0.15) is 18.3 Å². The summed E-state index contributed by atoms with van der Waals surface area (Å²) in [6.07, 6.45) is 0.284. The number of rotatable bonds is 11. The largest absolute Gasteiger partial charge is 0.495 e. The molecule has 1 atom stereocenters. The first-order valence-electron chi connectivity index (χ1n) is 12.3. The number of methoxy groups -OCH3 is 1. The molecular formula is C28H30Cl3N3O5S. The number of nitrogens with one attached hydrogen (secondary N) is 1. The summed E-state index contributed by atoms with van der Waals surface area (Å²) in [7, 11) is -1.32. The van der Waals surface area contributed by atoms with E-state index in [0.29, 0.717) is 16.3 Å². The highest BCUT2D eigenvalue weighted by Crippen LogP contribution is 2.32. The number of amides is 2. The van der Waals surface area contributed by atoms with Crippen molar-refractivity contribution in [3.8, 4) is 5.75 Å². The summed E-state index contributed by atoms with van der Waals surface area (Å²) in [6.45, 7) is 2.99. The molecule has 0 saturated carbocycles. The minimum absolute atomic E-state index is 0.00721. The third-order valence-electron chi connectivity index (χ3n) is 6.28. The molecule has 0 radical (unpaired) electrons. The van der Waals surface area contributed by atoms with Crippen LogP contribution in [0.5, 0.6) is 5.75 Å². The molecule has 0 heterocycles. The van der Waals surface area contributed by atoms with E-state index in [2.05, 4.69) is 5.32 Å². The van der Waals surface area contributed by atoms with Crippen LogP contribution >= 0.6 is 34.8 Å². The van der Waals surface area contributed by atoms with Crippen LogP contribution in [0.15, 0.2) is 65.6 Å². The third-order valence-corrected chi connectivity index (χ3v) is 9.10. The first-order chi connectivity index (χ1) is 18.9. The van der Waals surface area contributed by atoms with Crippen molar-refractivity contribution < 1.29 is 22.7 Å². The van der Waals surface area contributed by atoms with Gasteiger partial charge < -0.3 is 15.0 Å². The Kier molecular flexibility index (Phi) is 10.7. The number of ether oxygens (including phenoxy) is 1. The highest BCUT2D eigenvalue weighted by atomic mass is 35.5. The summed E-state index contributed by atoms with van der Waals surface area (Å²) in [5.41, 5.74) is 1.64. The number of likely N-dealkylation sites (N-methyl/N-ethyl adjacent to an activating group) is 1. The maximum atomic E-state index is 14.0. The zero-order valence-corrected chi connectivity index (χ0v) is 25.5. The van der Waals surface area contributed by atoms with Crippen molar-refractivity contribution in [2.45, 2.75) is 37.8 Å². The highest BCUT2D eigenvalue weighted by Gasteiger charge is 2.33. The summed E-state index contributed by atoms with van der Waals surface area (Å²) >= 11 is 18.6. The second kappa shape index (κ2) is 13.6. The van der Waals surface area contributed by atoms with Gasteiger partial charge in [0.05, 0.1) is 32.8 Å². The van der Waals surface area contributed by atoms with Crippen LogP contribution in [0, 0.1) is 6.92 Å². The number of hydrogen-bond donors (Lipinski definition) is 1. The monoisotopic (exact) mass is 625 g/mol. The second-order valence-electron chi connectivity index (χ2n) is 8.95. The fourth-order valence-electron chi connectivity index (χ4n) is 4.10. The van der Waals surface area contributed by atoms with Crippen LogP contribution in [-0.2, 0) is 26.2 Å². The van der Waals surface area contributed by atoms with E-state index in [-0.39, 0.29) is 33.6 Å². The van der Waals surface area contributed by atoms with Crippen LogP contribution in [0.4, 0.5) is 5.69 Å². The van der Waals surface area contributed by atoms with E-state index in [1.165, 1.54) is 49.4 Å². The first-order valence-corrected chi connectivity index (χ1v) is 14.9. The fraction of sp³-hybridized carbons (Fsp3) is 0.286. The minimum atomic E-state index is -4.23. The number of halogens is 3. The van der Waals surface area contributed by atoms with Gasteiger partial charge >= 0.3 is 0 Å². The van der Waals surface area contributed by atoms with Gasteiger partial charge in [-0.2, -0.15) is 0 Å². The summed E-state index contributed by atoms with van der Waals surface area (Å²) in [5, 5.41) is 3.38. The van der Waals surface area contributed by atoms with Gasteiger partial charge in [0, 0.05) is 13.6 Å². The van der Waals surface area contributed by atoms with E-state index in [4.69, 9.17) is 39.5 Å². The second-order valence-corrected chi connectivity index (χ2v) is 12.0. The van der Waals surface area contributed by atoms with Crippen LogP contribution in [0.1, 0.15) is 24.5 Å². The summed E-state index contributed by atoms with van der Waals surface area (Å²) in [4.78, 5) is 28.1. The summed E-state index contributed by atoms with van der Waals surface area (Å²) < 4.78 is 34.0. The zero-order valence-electron chi connectivity index (χ0n) is 22.4. The summed E-state index contributed by atoms with van der Waals surface area (Å²) in [5.74, 6) is -0.656. The molecule has 3 aromatic rings. The van der Waals surface area contributed by atoms with E-state index in [1.54, 1.807) is 37.3 Å². The summed E-state index contributed by atoms with van der Waals surface area (Å²) in [6, 6.07) is 14.7. The Morgan fingerprint density at radius 3 is 2.17 bits per heavy atom. The van der Waals surface area contributed by atoms with Crippen molar-refractivity contribution in [2.24, 2.45) is 0 Å². The van der Waals surface area contributed by atoms with Gasteiger partial charge in [0.15, 0.2) is 0 Å².